The summed E-state index contributed by atoms with van der Waals surface area (Å²) < 4.78 is 61.4. The lowest BCUT2D eigenvalue weighted by Gasteiger charge is -2.28. The highest BCUT2D eigenvalue weighted by Crippen LogP contribution is 2.46. The van der Waals surface area contributed by atoms with Crippen molar-refractivity contribution in [1.29, 1.82) is 0 Å². The third kappa shape index (κ3) is 6.01. The van der Waals surface area contributed by atoms with E-state index in [0.29, 0.717) is 41.6 Å². The third-order valence-corrected chi connectivity index (χ3v) is 8.13. The molecule has 0 spiro atoms. The topological polar surface area (TPSA) is 108 Å². The molecule has 40 heavy (non-hydrogen) atoms. The Morgan fingerprint density at radius 2 is 1.73 bits per heavy atom. The maximum Gasteiger partial charge on any atom is 0.304 e. The molecule has 2 heterocycles. The van der Waals surface area contributed by atoms with Gasteiger partial charge in [0.25, 0.3) is 0 Å². The van der Waals surface area contributed by atoms with Gasteiger partial charge in [-0.15, -0.1) is 0 Å². The number of halogens is 1. The van der Waals surface area contributed by atoms with Gasteiger partial charge < -0.3 is 24.1 Å². The van der Waals surface area contributed by atoms with Crippen LogP contribution < -0.4 is 18.9 Å². The molecule has 10 heteroatoms. The summed E-state index contributed by atoms with van der Waals surface area (Å²) in [4.78, 5) is 11.2. The van der Waals surface area contributed by atoms with Gasteiger partial charge in [-0.2, -0.15) is 0 Å². The zero-order valence-corrected chi connectivity index (χ0v) is 23.3. The van der Waals surface area contributed by atoms with Crippen LogP contribution in [0.5, 0.6) is 23.0 Å². The van der Waals surface area contributed by atoms with Crippen LogP contribution in [0.2, 0.25) is 0 Å². The quantitative estimate of drug-likeness (QED) is 0.342. The summed E-state index contributed by atoms with van der Waals surface area (Å²) in [7, 11) is -3.04. The van der Waals surface area contributed by atoms with Crippen LogP contribution in [0.4, 0.5) is 4.39 Å². The number of carbonyl (C=O) groups is 1. The van der Waals surface area contributed by atoms with Crippen molar-refractivity contribution >= 4 is 15.8 Å². The Hall–Kier alpha value is -3.79. The average molecular weight is 571 g/mol. The number of sulfone groups is 1. The SMILES string of the molecule is Cc1cc(OCCCS(C)(=O)=O)cc(C)c1-c1ccc(F)c([C@H]2COc3cc4c(cc3O2)OC[C@H]4CC(=O)O)c1. The molecule has 212 valence electrons. The normalized spacial score (nSPS) is 17.7. The number of aliphatic carboxylic acids is 1. The fourth-order valence-electron chi connectivity index (χ4n) is 5.29. The highest BCUT2D eigenvalue weighted by atomic mass is 32.2. The van der Waals surface area contributed by atoms with E-state index in [-0.39, 0.29) is 31.3 Å². The van der Waals surface area contributed by atoms with Gasteiger partial charge in [-0.1, -0.05) is 6.07 Å². The first kappa shape index (κ1) is 27.8. The summed E-state index contributed by atoms with van der Waals surface area (Å²) in [6.45, 7) is 4.55. The van der Waals surface area contributed by atoms with E-state index in [0.717, 1.165) is 27.8 Å². The smallest absolute Gasteiger partial charge is 0.304 e. The molecule has 2 aliphatic rings. The maximum absolute atomic E-state index is 15.1. The summed E-state index contributed by atoms with van der Waals surface area (Å²) in [5, 5.41) is 9.17. The lowest BCUT2D eigenvalue weighted by atomic mass is 9.93. The van der Waals surface area contributed by atoms with Crippen LogP contribution in [0, 0.1) is 19.7 Å². The van der Waals surface area contributed by atoms with E-state index in [1.807, 2.05) is 26.0 Å². The fourth-order valence-corrected chi connectivity index (χ4v) is 5.93. The zero-order chi connectivity index (χ0) is 28.6. The van der Waals surface area contributed by atoms with E-state index in [2.05, 4.69) is 0 Å². The molecule has 0 unspecified atom stereocenters. The van der Waals surface area contributed by atoms with E-state index in [1.165, 1.54) is 12.3 Å². The van der Waals surface area contributed by atoms with E-state index in [4.69, 9.17) is 18.9 Å². The van der Waals surface area contributed by atoms with Crippen molar-refractivity contribution in [3.63, 3.8) is 0 Å². The number of benzene rings is 3. The van der Waals surface area contributed by atoms with Gasteiger partial charge in [-0.05, 0) is 72.9 Å². The number of ether oxygens (including phenoxy) is 4. The molecule has 0 saturated heterocycles. The Bertz CT molecular complexity index is 1540. The van der Waals surface area contributed by atoms with Gasteiger partial charge in [0.15, 0.2) is 17.6 Å². The molecule has 0 aliphatic carbocycles. The van der Waals surface area contributed by atoms with Gasteiger partial charge in [-0.25, -0.2) is 12.8 Å². The Balaban J connectivity index is 1.35. The minimum Gasteiger partial charge on any atom is -0.494 e. The first-order valence-corrected chi connectivity index (χ1v) is 15.1. The summed E-state index contributed by atoms with van der Waals surface area (Å²) >= 11 is 0. The minimum atomic E-state index is -3.04. The summed E-state index contributed by atoms with van der Waals surface area (Å²) in [5.41, 5.74) is 4.75. The Kier molecular flexibility index (Phi) is 7.63. The predicted molar refractivity (Wildman–Crippen MR) is 147 cm³/mol. The number of carboxylic acid groups (broad SMARTS) is 1. The number of carboxylic acids is 1. The summed E-state index contributed by atoms with van der Waals surface area (Å²) in [5.74, 6) is 0.587. The largest absolute Gasteiger partial charge is 0.494 e. The van der Waals surface area contributed by atoms with Crippen LogP contribution in [-0.2, 0) is 14.6 Å². The molecule has 0 saturated carbocycles. The van der Waals surface area contributed by atoms with Crippen molar-refractivity contribution in [1.82, 2.24) is 0 Å². The highest BCUT2D eigenvalue weighted by molar-refractivity contribution is 7.90. The van der Waals surface area contributed by atoms with Crippen molar-refractivity contribution in [2.24, 2.45) is 0 Å². The number of rotatable bonds is 9. The van der Waals surface area contributed by atoms with Gasteiger partial charge in [0, 0.05) is 29.4 Å². The Morgan fingerprint density at radius 1 is 1.00 bits per heavy atom. The molecule has 2 atom stereocenters. The van der Waals surface area contributed by atoms with Crippen molar-refractivity contribution in [3.05, 3.63) is 70.5 Å². The zero-order valence-electron chi connectivity index (χ0n) is 22.5. The van der Waals surface area contributed by atoms with Crippen molar-refractivity contribution in [2.75, 3.05) is 31.8 Å². The van der Waals surface area contributed by atoms with Crippen LogP contribution in [0.15, 0.2) is 42.5 Å². The lowest BCUT2D eigenvalue weighted by molar-refractivity contribution is -0.137. The number of hydrogen-bond acceptors (Lipinski definition) is 7. The Labute approximate surface area is 232 Å². The second kappa shape index (κ2) is 11.0. The monoisotopic (exact) mass is 570 g/mol. The van der Waals surface area contributed by atoms with E-state index in [9.17, 15) is 18.3 Å². The van der Waals surface area contributed by atoms with Crippen molar-refractivity contribution in [2.45, 2.75) is 38.7 Å². The van der Waals surface area contributed by atoms with Gasteiger partial charge in [0.05, 0.1) is 25.4 Å². The molecule has 2 aliphatic heterocycles. The molecule has 1 N–H and O–H groups in total. The molecular formula is C30H31FO8S. The van der Waals surface area contributed by atoms with Crippen LogP contribution in [0.1, 0.15) is 47.1 Å². The fraction of sp³-hybridized carbons (Fsp3) is 0.367. The predicted octanol–water partition coefficient (Wildman–Crippen LogP) is 5.39. The summed E-state index contributed by atoms with van der Waals surface area (Å²) in [6.07, 6.45) is 0.877. The third-order valence-electron chi connectivity index (χ3n) is 7.10. The molecule has 3 aromatic carbocycles. The minimum absolute atomic E-state index is 0.0393. The molecule has 0 radical (unpaired) electrons. The first-order chi connectivity index (χ1) is 19.0. The highest BCUT2D eigenvalue weighted by Gasteiger charge is 2.32. The second-order valence-corrected chi connectivity index (χ2v) is 12.6. The van der Waals surface area contributed by atoms with Gasteiger partial charge in [-0.3, -0.25) is 4.79 Å². The van der Waals surface area contributed by atoms with E-state index >= 15 is 4.39 Å². The molecular weight excluding hydrogens is 539 g/mol. The first-order valence-electron chi connectivity index (χ1n) is 13.0. The van der Waals surface area contributed by atoms with E-state index < -0.39 is 27.7 Å². The van der Waals surface area contributed by atoms with Crippen LogP contribution in [0.3, 0.4) is 0 Å². The van der Waals surface area contributed by atoms with Crippen LogP contribution >= 0.6 is 0 Å². The average Bonchev–Trinajstić information content (AvgIpc) is 3.25. The maximum atomic E-state index is 15.1. The summed E-state index contributed by atoms with van der Waals surface area (Å²) in [6, 6.07) is 12.1. The molecule has 8 nitrogen and oxygen atoms in total. The van der Waals surface area contributed by atoms with Crippen molar-refractivity contribution < 1.29 is 41.7 Å². The molecule has 0 bridgehead atoms. The second-order valence-electron chi connectivity index (χ2n) is 10.4. The molecule has 0 fully saturated rings. The lowest BCUT2D eigenvalue weighted by Crippen LogP contribution is -2.22. The number of hydrogen-bond donors (Lipinski definition) is 1. The molecule has 5 rings (SSSR count). The van der Waals surface area contributed by atoms with Gasteiger partial charge in [0.2, 0.25) is 0 Å². The van der Waals surface area contributed by atoms with Crippen molar-refractivity contribution in [3.8, 4) is 34.1 Å². The molecule has 3 aromatic rings. The molecule has 0 aromatic heterocycles. The van der Waals surface area contributed by atoms with E-state index in [1.54, 1.807) is 24.3 Å². The Morgan fingerprint density at radius 3 is 2.42 bits per heavy atom. The van der Waals surface area contributed by atoms with Gasteiger partial charge in [0.1, 0.15) is 33.8 Å². The van der Waals surface area contributed by atoms with Crippen LogP contribution in [-0.4, -0.2) is 51.3 Å². The number of fused-ring (bicyclic) bond motifs is 2. The number of aryl methyl sites for hydroxylation is 2. The van der Waals surface area contributed by atoms with Crippen LogP contribution in [0.25, 0.3) is 11.1 Å². The molecule has 0 amide bonds. The standard InChI is InChI=1S/C30H31FO8S/c1-17-9-21(36-7-4-8-40(3,34)35)10-18(2)30(17)19-5-6-24(31)23(11-19)28-16-38-26-13-22-20(12-29(32)33)15-37-25(22)14-27(26)39-28/h5-6,9-11,13-14,20,28H,4,7-8,12,15-16H2,1-3H3,(H,32,33)/t20-,28-/m1/s1. The van der Waals surface area contributed by atoms with Gasteiger partial charge >= 0.3 is 5.97 Å².